The molecule has 0 saturated carbocycles. The Hall–Kier alpha value is -0.950. The summed E-state index contributed by atoms with van der Waals surface area (Å²) in [4.78, 5) is 21.2. The van der Waals surface area contributed by atoms with Gasteiger partial charge in [-0.2, -0.15) is 0 Å². The van der Waals surface area contributed by atoms with Crippen molar-refractivity contribution in [1.29, 1.82) is 0 Å². The van der Waals surface area contributed by atoms with Crippen LogP contribution in [-0.4, -0.2) is 42.0 Å². The molecule has 1 fully saturated rings. The second kappa shape index (κ2) is 7.95. The van der Waals surface area contributed by atoms with Crippen molar-refractivity contribution in [3.05, 3.63) is 27.0 Å². The first-order valence-electron chi connectivity index (χ1n) is 8.31. The van der Waals surface area contributed by atoms with Crippen molar-refractivity contribution in [3.8, 4) is 9.88 Å². The third kappa shape index (κ3) is 3.99. The number of thiazole rings is 1. The molecule has 4 nitrogen and oxygen atoms in total. The topological polar surface area (TPSA) is 45.2 Å². The Labute approximate surface area is 155 Å². The first-order valence-corrected chi connectivity index (χ1v) is 10.3. The van der Waals surface area contributed by atoms with Gasteiger partial charge in [0.05, 0.1) is 14.9 Å². The highest BCUT2D eigenvalue weighted by Crippen LogP contribution is 2.35. The minimum atomic E-state index is 0.126. The van der Waals surface area contributed by atoms with E-state index in [1.807, 2.05) is 24.0 Å². The van der Waals surface area contributed by atoms with Crippen LogP contribution in [0.15, 0.2) is 12.1 Å². The zero-order valence-electron chi connectivity index (χ0n) is 14.0. The van der Waals surface area contributed by atoms with Gasteiger partial charge in [0.1, 0.15) is 9.88 Å². The summed E-state index contributed by atoms with van der Waals surface area (Å²) in [5.41, 5.74) is 0.819. The number of amides is 1. The van der Waals surface area contributed by atoms with Crippen LogP contribution in [0.25, 0.3) is 9.88 Å². The number of nitrogens with one attached hydrogen (secondary N) is 1. The predicted octanol–water partition coefficient (Wildman–Crippen LogP) is 4.30. The molecule has 2 aromatic rings. The van der Waals surface area contributed by atoms with Gasteiger partial charge >= 0.3 is 0 Å². The summed E-state index contributed by atoms with van der Waals surface area (Å²) in [7, 11) is 0. The van der Waals surface area contributed by atoms with E-state index in [0.29, 0.717) is 5.92 Å². The maximum Gasteiger partial charge on any atom is 0.265 e. The molecule has 1 aliphatic heterocycles. The molecule has 2 aromatic heterocycles. The lowest BCUT2D eigenvalue weighted by atomic mass is 9.96. The monoisotopic (exact) mass is 383 g/mol. The fourth-order valence-electron chi connectivity index (χ4n) is 2.96. The molecule has 1 aliphatic rings. The standard InChI is InChI=1S/C17H22ClN3OS2/c1-3-19-10-12-6-8-21(9-7-12)17(22)15-11(2)20-16(24-15)13-4-5-14(18)23-13/h4-5,12,19H,3,6-10H2,1-2H3. The van der Waals surface area contributed by atoms with E-state index >= 15 is 0 Å². The molecule has 3 heterocycles. The second-order valence-electron chi connectivity index (χ2n) is 6.08. The van der Waals surface area contributed by atoms with Crippen LogP contribution in [-0.2, 0) is 0 Å². The lowest BCUT2D eigenvalue weighted by Crippen LogP contribution is -2.40. The number of hydrogen-bond acceptors (Lipinski definition) is 5. The third-order valence-corrected chi connectivity index (χ3v) is 6.91. The number of hydrogen-bond donors (Lipinski definition) is 1. The molecule has 0 spiro atoms. The molecule has 1 saturated heterocycles. The molecule has 0 radical (unpaired) electrons. The molecule has 24 heavy (non-hydrogen) atoms. The molecule has 1 N–H and O–H groups in total. The van der Waals surface area contributed by atoms with Crippen molar-refractivity contribution in [2.75, 3.05) is 26.2 Å². The molecule has 0 aromatic carbocycles. The zero-order valence-corrected chi connectivity index (χ0v) is 16.4. The summed E-state index contributed by atoms with van der Waals surface area (Å²) in [6.45, 7) is 7.79. The number of halogens is 1. The number of piperidine rings is 1. The van der Waals surface area contributed by atoms with Crippen molar-refractivity contribution >= 4 is 40.2 Å². The van der Waals surface area contributed by atoms with Gasteiger partial charge in [-0.05, 0) is 50.9 Å². The quantitative estimate of drug-likeness (QED) is 0.837. The molecule has 130 valence electrons. The number of aromatic nitrogens is 1. The maximum absolute atomic E-state index is 12.8. The van der Waals surface area contributed by atoms with Crippen molar-refractivity contribution in [3.63, 3.8) is 0 Å². The van der Waals surface area contributed by atoms with Crippen LogP contribution < -0.4 is 5.32 Å². The Bertz CT molecular complexity index is 705. The largest absolute Gasteiger partial charge is 0.338 e. The van der Waals surface area contributed by atoms with E-state index in [9.17, 15) is 4.79 Å². The normalized spacial score (nSPS) is 15.9. The lowest BCUT2D eigenvalue weighted by molar-refractivity contribution is 0.0694. The van der Waals surface area contributed by atoms with Crippen LogP contribution >= 0.6 is 34.3 Å². The molecule has 0 bridgehead atoms. The number of aryl methyl sites for hydroxylation is 1. The van der Waals surface area contributed by atoms with Crippen molar-refractivity contribution in [2.45, 2.75) is 26.7 Å². The molecule has 0 unspecified atom stereocenters. The number of thiophene rings is 1. The smallest absolute Gasteiger partial charge is 0.265 e. The van der Waals surface area contributed by atoms with Crippen LogP contribution in [0.1, 0.15) is 35.1 Å². The predicted molar refractivity (Wildman–Crippen MR) is 102 cm³/mol. The number of rotatable bonds is 5. The molecule has 0 aliphatic carbocycles. The van der Waals surface area contributed by atoms with Crippen LogP contribution in [0.2, 0.25) is 4.34 Å². The van der Waals surface area contributed by atoms with Gasteiger partial charge in [-0.3, -0.25) is 4.79 Å². The zero-order chi connectivity index (χ0) is 17.1. The summed E-state index contributed by atoms with van der Waals surface area (Å²) in [5.74, 6) is 0.807. The molecular weight excluding hydrogens is 362 g/mol. The summed E-state index contributed by atoms with van der Waals surface area (Å²) in [6, 6.07) is 3.83. The Kier molecular flexibility index (Phi) is 5.92. The third-order valence-electron chi connectivity index (χ3n) is 4.36. The van der Waals surface area contributed by atoms with Crippen LogP contribution in [0.4, 0.5) is 0 Å². The number of nitrogens with zero attached hydrogens (tertiary/aromatic N) is 2. The fraction of sp³-hybridized carbons (Fsp3) is 0.529. The van der Waals surface area contributed by atoms with Gasteiger partial charge in [0, 0.05) is 13.1 Å². The van der Waals surface area contributed by atoms with E-state index in [-0.39, 0.29) is 5.91 Å². The van der Waals surface area contributed by atoms with Gasteiger partial charge in [0.25, 0.3) is 5.91 Å². The summed E-state index contributed by atoms with van der Waals surface area (Å²) in [5, 5.41) is 4.29. The Morgan fingerprint density at radius 2 is 2.12 bits per heavy atom. The van der Waals surface area contributed by atoms with Gasteiger partial charge in [0.15, 0.2) is 0 Å². The van der Waals surface area contributed by atoms with Crippen molar-refractivity contribution in [2.24, 2.45) is 5.92 Å². The summed E-state index contributed by atoms with van der Waals surface area (Å²) < 4.78 is 0.744. The SMILES string of the molecule is CCNCC1CCN(C(=O)c2sc(-c3ccc(Cl)s3)nc2C)CC1. The summed E-state index contributed by atoms with van der Waals surface area (Å²) >= 11 is 8.99. The minimum Gasteiger partial charge on any atom is -0.338 e. The second-order valence-corrected chi connectivity index (χ2v) is 8.79. The van der Waals surface area contributed by atoms with Crippen molar-refractivity contribution < 1.29 is 4.79 Å². The number of likely N-dealkylation sites (tertiary alicyclic amines) is 1. The van der Waals surface area contributed by atoms with Gasteiger partial charge in [-0.1, -0.05) is 18.5 Å². The Balaban J connectivity index is 1.67. The van der Waals surface area contributed by atoms with Gasteiger partial charge in [0.2, 0.25) is 0 Å². The minimum absolute atomic E-state index is 0.126. The Morgan fingerprint density at radius 1 is 1.38 bits per heavy atom. The van der Waals surface area contributed by atoms with E-state index in [4.69, 9.17) is 11.6 Å². The average molecular weight is 384 g/mol. The highest BCUT2D eigenvalue weighted by molar-refractivity contribution is 7.24. The fourth-order valence-corrected chi connectivity index (χ4v) is 5.09. The molecule has 7 heteroatoms. The van der Waals surface area contributed by atoms with Crippen LogP contribution in [0, 0.1) is 12.8 Å². The molecular formula is C17H22ClN3OS2. The van der Waals surface area contributed by atoms with E-state index in [0.717, 1.165) is 63.8 Å². The van der Waals surface area contributed by atoms with E-state index < -0.39 is 0 Å². The van der Waals surface area contributed by atoms with Crippen molar-refractivity contribution in [1.82, 2.24) is 15.2 Å². The molecule has 3 rings (SSSR count). The van der Waals surface area contributed by atoms with Gasteiger partial charge in [-0.15, -0.1) is 22.7 Å². The highest BCUT2D eigenvalue weighted by Gasteiger charge is 2.26. The first-order chi connectivity index (χ1) is 11.6. The maximum atomic E-state index is 12.8. The van der Waals surface area contributed by atoms with Gasteiger partial charge < -0.3 is 10.2 Å². The van der Waals surface area contributed by atoms with E-state index in [1.165, 1.54) is 22.7 Å². The molecule has 0 atom stereocenters. The lowest BCUT2D eigenvalue weighted by Gasteiger charge is -2.31. The Morgan fingerprint density at radius 3 is 2.75 bits per heavy atom. The first kappa shape index (κ1) is 17.9. The highest BCUT2D eigenvalue weighted by atomic mass is 35.5. The molecule has 1 amide bonds. The van der Waals surface area contributed by atoms with Gasteiger partial charge in [-0.25, -0.2) is 4.98 Å². The average Bonchev–Trinajstić information content (AvgIpc) is 3.18. The van der Waals surface area contributed by atoms with E-state index in [2.05, 4.69) is 17.2 Å². The number of carbonyl (C=O) groups excluding carboxylic acids is 1. The summed E-state index contributed by atoms with van der Waals surface area (Å²) in [6.07, 6.45) is 2.15. The van der Waals surface area contributed by atoms with Crippen LogP contribution in [0.3, 0.4) is 0 Å². The van der Waals surface area contributed by atoms with Crippen LogP contribution in [0.5, 0.6) is 0 Å². The van der Waals surface area contributed by atoms with E-state index in [1.54, 1.807) is 0 Å². The number of carbonyl (C=O) groups is 1.